The first-order chi connectivity index (χ1) is 20.3. The van der Waals surface area contributed by atoms with E-state index in [4.69, 9.17) is 0 Å². The van der Waals surface area contributed by atoms with Crippen molar-refractivity contribution in [3.8, 4) is 0 Å². The highest BCUT2D eigenvalue weighted by atomic mass is 32.2. The fraction of sp³-hybridized carbons (Fsp3) is 0.441. The predicted molar refractivity (Wildman–Crippen MR) is 168 cm³/mol. The lowest BCUT2D eigenvalue weighted by molar-refractivity contribution is -0.146. The van der Waals surface area contributed by atoms with Crippen LogP contribution >= 0.6 is 11.8 Å². The number of benzene rings is 2. The number of para-hydroxylation sites is 1. The zero-order chi connectivity index (χ0) is 30.1. The monoisotopic (exact) mass is 587 g/mol. The average molecular weight is 588 g/mol. The molecule has 0 saturated carbocycles. The van der Waals surface area contributed by atoms with Crippen molar-refractivity contribution in [2.24, 2.45) is 11.8 Å². The van der Waals surface area contributed by atoms with Crippen molar-refractivity contribution in [1.29, 1.82) is 0 Å². The highest BCUT2D eigenvalue weighted by Gasteiger charge is 2.78. The first-order valence-corrected chi connectivity index (χ1v) is 15.6. The maximum atomic E-state index is 14.7. The molecule has 222 valence electrons. The summed E-state index contributed by atoms with van der Waals surface area (Å²) in [6.07, 6.45) is 5.29. The molecule has 1 N–H and O–H groups in total. The number of likely N-dealkylation sites (tertiary alicyclic amines) is 1. The van der Waals surface area contributed by atoms with Crippen molar-refractivity contribution in [3.63, 3.8) is 0 Å². The van der Waals surface area contributed by atoms with Crippen LogP contribution in [0.1, 0.15) is 38.7 Å². The van der Waals surface area contributed by atoms with Gasteiger partial charge in [-0.2, -0.15) is 0 Å². The Morgan fingerprint density at radius 1 is 1.05 bits per heavy atom. The second kappa shape index (κ2) is 12.1. The van der Waals surface area contributed by atoms with Crippen LogP contribution in [-0.4, -0.2) is 73.9 Å². The van der Waals surface area contributed by atoms with Gasteiger partial charge in [0.2, 0.25) is 17.7 Å². The molecule has 3 amide bonds. The fourth-order valence-electron chi connectivity index (χ4n) is 7.42. The third kappa shape index (κ3) is 4.88. The van der Waals surface area contributed by atoms with Gasteiger partial charge in [-0.15, -0.1) is 24.9 Å². The third-order valence-electron chi connectivity index (χ3n) is 9.31. The highest BCUT2D eigenvalue weighted by Crippen LogP contribution is 2.72. The summed E-state index contributed by atoms with van der Waals surface area (Å²) < 4.78 is -1.27. The Hall–Kier alpha value is -3.36. The van der Waals surface area contributed by atoms with Crippen molar-refractivity contribution < 1.29 is 19.5 Å². The molecule has 6 atom stereocenters. The van der Waals surface area contributed by atoms with Crippen LogP contribution in [-0.2, 0) is 20.9 Å². The molecular formula is C34H41N3O4S. The minimum Gasteiger partial charge on any atom is -0.394 e. The zero-order valence-corrected chi connectivity index (χ0v) is 25.3. The molecule has 0 aliphatic carbocycles. The van der Waals surface area contributed by atoms with Gasteiger partial charge < -0.3 is 19.8 Å². The average Bonchev–Trinajstić information content (AvgIpc) is 3.57. The highest BCUT2D eigenvalue weighted by molar-refractivity contribution is 8.02. The molecular weight excluding hydrogens is 546 g/mol. The molecule has 3 fully saturated rings. The van der Waals surface area contributed by atoms with Gasteiger partial charge in [-0.1, -0.05) is 67.6 Å². The van der Waals surface area contributed by atoms with Crippen molar-refractivity contribution in [1.82, 2.24) is 9.80 Å². The van der Waals surface area contributed by atoms with E-state index in [9.17, 15) is 19.5 Å². The van der Waals surface area contributed by atoms with Gasteiger partial charge in [-0.25, -0.2) is 0 Å². The van der Waals surface area contributed by atoms with E-state index in [1.165, 1.54) is 0 Å². The standard InChI is InChI=1S/C34H41N3O4S/c1-5-20-35(22-24-14-10-8-11-15-24)32(41)29-34-19-18-33(4,42-34)27(28(34)31(40)37(29)25(7-3)23-38)30(39)36(21-6-2)26-16-12-9-13-17-26/h5-6,8-17,25,27-29,38H,1-2,7,18-23H2,3-4H3/t25-,27-,28-,29?,33+,34?/m0/s1. The quantitative estimate of drug-likeness (QED) is 0.365. The lowest BCUT2D eigenvalue weighted by atomic mass is 9.66. The van der Waals surface area contributed by atoms with Crippen LogP contribution in [0.4, 0.5) is 5.69 Å². The van der Waals surface area contributed by atoms with Gasteiger partial charge in [0.05, 0.1) is 29.2 Å². The smallest absolute Gasteiger partial charge is 0.247 e. The zero-order valence-electron chi connectivity index (χ0n) is 24.5. The van der Waals surface area contributed by atoms with Crippen molar-refractivity contribution >= 4 is 35.2 Å². The van der Waals surface area contributed by atoms with Crippen molar-refractivity contribution in [2.75, 3.05) is 24.6 Å². The van der Waals surface area contributed by atoms with Gasteiger partial charge in [0.25, 0.3) is 0 Å². The number of aliphatic hydroxyl groups excluding tert-OH is 1. The van der Waals surface area contributed by atoms with Crippen molar-refractivity contribution in [3.05, 3.63) is 91.5 Å². The van der Waals surface area contributed by atoms with Crippen LogP contribution in [0.5, 0.6) is 0 Å². The molecule has 2 aromatic rings. The maximum absolute atomic E-state index is 14.7. The normalized spacial score (nSPS) is 28.3. The van der Waals surface area contributed by atoms with Crippen LogP contribution in [0.15, 0.2) is 86.0 Å². The van der Waals surface area contributed by atoms with Crippen LogP contribution in [0.3, 0.4) is 0 Å². The van der Waals surface area contributed by atoms with Crippen LogP contribution < -0.4 is 4.90 Å². The Labute approximate surface area is 253 Å². The summed E-state index contributed by atoms with van der Waals surface area (Å²) in [5.41, 5.74) is 1.74. The third-order valence-corrected chi connectivity index (χ3v) is 11.3. The summed E-state index contributed by atoms with van der Waals surface area (Å²) >= 11 is 1.65. The SMILES string of the molecule is C=CCN(Cc1ccccc1)C(=O)C1N([C@@H](CC)CO)C(=O)[C@@H]2[C@@H](C(=O)N(CC=C)c3ccccc3)[C@@]3(C)CCC12S3. The molecule has 2 aromatic carbocycles. The number of nitrogens with zero attached hydrogens (tertiary/aromatic N) is 3. The number of amides is 3. The van der Waals surface area contributed by atoms with E-state index in [2.05, 4.69) is 20.1 Å². The molecule has 7 nitrogen and oxygen atoms in total. The van der Waals surface area contributed by atoms with E-state index in [0.29, 0.717) is 32.5 Å². The molecule has 3 saturated heterocycles. The molecule has 0 aromatic heterocycles. The summed E-state index contributed by atoms with van der Waals surface area (Å²) in [4.78, 5) is 48.9. The number of carbonyl (C=O) groups is 3. The predicted octanol–water partition coefficient (Wildman–Crippen LogP) is 4.67. The van der Waals surface area contributed by atoms with Gasteiger partial charge in [-0.05, 0) is 43.9 Å². The van der Waals surface area contributed by atoms with E-state index < -0.39 is 33.4 Å². The Morgan fingerprint density at radius 2 is 1.69 bits per heavy atom. The Balaban J connectivity index is 1.58. The van der Waals surface area contributed by atoms with Gasteiger partial charge in [0, 0.05) is 30.1 Å². The van der Waals surface area contributed by atoms with Crippen LogP contribution in [0, 0.1) is 11.8 Å². The number of hydrogen-bond acceptors (Lipinski definition) is 5. The summed E-state index contributed by atoms with van der Waals surface area (Å²) in [6, 6.07) is 18.0. The summed E-state index contributed by atoms with van der Waals surface area (Å²) in [5, 5.41) is 10.4. The number of thioether (sulfide) groups is 1. The Bertz CT molecular complexity index is 1330. The Morgan fingerprint density at radius 3 is 2.29 bits per heavy atom. The molecule has 8 heteroatoms. The number of aliphatic hydroxyl groups is 1. The first kappa shape index (κ1) is 30.1. The van der Waals surface area contributed by atoms with E-state index in [-0.39, 0.29) is 24.3 Å². The number of fused-ring (bicyclic) bond motifs is 1. The van der Waals surface area contributed by atoms with Gasteiger partial charge in [0.15, 0.2) is 0 Å². The van der Waals surface area contributed by atoms with Gasteiger partial charge >= 0.3 is 0 Å². The summed E-state index contributed by atoms with van der Waals surface area (Å²) in [7, 11) is 0. The number of rotatable bonds is 12. The number of carbonyl (C=O) groups excluding carboxylic acids is 3. The van der Waals surface area contributed by atoms with Crippen molar-refractivity contribution in [2.45, 2.75) is 61.2 Å². The van der Waals surface area contributed by atoms with E-state index >= 15 is 0 Å². The van der Waals surface area contributed by atoms with Crippen LogP contribution in [0.2, 0.25) is 0 Å². The fourth-order valence-corrected chi connectivity index (χ4v) is 9.75. The molecule has 42 heavy (non-hydrogen) atoms. The molecule has 3 aliphatic heterocycles. The number of hydrogen-bond donors (Lipinski definition) is 1. The second-order valence-corrected chi connectivity index (χ2v) is 13.7. The minimum atomic E-state index is -0.787. The topological polar surface area (TPSA) is 81.2 Å². The van der Waals surface area contributed by atoms with E-state index in [0.717, 1.165) is 17.7 Å². The summed E-state index contributed by atoms with van der Waals surface area (Å²) in [5.74, 6) is -1.75. The molecule has 1 spiro atoms. The van der Waals surface area contributed by atoms with Crippen LogP contribution in [0.25, 0.3) is 0 Å². The molecule has 0 radical (unpaired) electrons. The summed E-state index contributed by atoms with van der Waals surface area (Å²) in [6.45, 7) is 12.6. The number of anilines is 1. The largest absolute Gasteiger partial charge is 0.394 e. The minimum absolute atomic E-state index is 0.117. The molecule has 5 rings (SSSR count). The van der Waals surface area contributed by atoms with Gasteiger partial charge in [0.1, 0.15) is 6.04 Å². The molecule has 3 heterocycles. The molecule has 2 bridgehead atoms. The lowest BCUT2D eigenvalue weighted by Gasteiger charge is -2.39. The second-order valence-electron chi connectivity index (χ2n) is 11.8. The lowest BCUT2D eigenvalue weighted by Crippen LogP contribution is -2.57. The van der Waals surface area contributed by atoms with Gasteiger partial charge in [-0.3, -0.25) is 14.4 Å². The molecule has 2 unspecified atom stereocenters. The molecule has 3 aliphatic rings. The Kier molecular flexibility index (Phi) is 8.67. The van der Waals surface area contributed by atoms with E-state index in [1.54, 1.807) is 38.6 Å². The van der Waals surface area contributed by atoms with E-state index in [1.807, 2.05) is 67.6 Å². The maximum Gasteiger partial charge on any atom is 0.247 e. The first-order valence-electron chi connectivity index (χ1n) is 14.8.